The molecule has 0 radical (unpaired) electrons. The Hall–Kier alpha value is -1.86. The molecule has 2 heterocycles. The SMILES string of the molecule is CN(C1CCN(C(=O)c2cc3ccc(C(C)(C)C)cc3[nH]2)CC1)S(C)(=O)=O. The first-order chi connectivity index (χ1) is 12.5. The molecule has 0 saturated carbocycles. The summed E-state index contributed by atoms with van der Waals surface area (Å²) in [5, 5.41) is 1.03. The Bertz CT molecular complexity index is 948. The van der Waals surface area contributed by atoms with Crippen LogP contribution in [0.1, 0.15) is 49.7 Å². The lowest BCUT2D eigenvalue weighted by atomic mass is 9.87. The molecule has 1 aromatic heterocycles. The molecule has 1 fully saturated rings. The minimum absolute atomic E-state index is 0.0241. The first-order valence-corrected chi connectivity index (χ1v) is 11.2. The van der Waals surface area contributed by atoms with Gasteiger partial charge >= 0.3 is 0 Å². The highest BCUT2D eigenvalue weighted by Crippen LogP contribution is 2.27. The zero-order valence-corrected chi connectivity index (χ0v) is 17.6. The molecule has 1 N–H and O–H groups in total. The zero-order chi connectivity index (χ0) is 20.0. The van der Waals surface area contributed by atoms with Gasteiger partial charge in [-0.15, -0.1) is 0 Å². The number of likely N-dealkylation sites (tertiary alicyclic amines) is 1. The second kappa shape index (κ2) is 6.95. The van der Waals surface area contributed by atoms with E-state index in [1.165, 1.54) is 16.1 Å². The number of aromatic amines is 1. The fourth-order valence-corrected chi connectivity index (χ4v) is 4.33. The Balaban J connectivity index is 1.73. The van der Waals surface area contributed by atoms with Crippen LogP contribution in [-0.4, -0.2) is 60.9 Å². The van der Waals surface area contributed by atoms with Gasteiger partial charge in [-0.3, -0.25) is 4.79 Å². The van der Waals surface area contributed by atoms with E-state index in [9.17, 15) is 13.2 Å². The second-order valence-corrected chi connectivity index (χ2v) is 10.6. The van der Waals surface area contributed by atoms with E-state index in [4.69, 9.17) is 0 Å². The molecule has 27 heavy (non-hydrogen) atoms. The van der Waals surface area contributed by atoms with Crippen LogP contribution in [0.2, 0.25) is 0 Å². The molecule has 1 aliphatic rings. The summed E-state index contributed by atoms with van der Waals surface area (Å²) in [7, 11) is -1.59. The van der Waals surface area contributed by atoms with E-state index in [1.54, 1.807) is 7.05 Å². The number of nitrogens with one attached hydrogen (secondary N) is 1. The normalized spacial score (nSPS) is 17.0. The van der Waals surface area contributed by atoms with Gasteiger partial charge in [0.25, 0.3) is 5.91 Å². The first-order valence-electron chi connectivity index (χ1n) is 9.32. The summed E-state index contributed by atoms with van der Waals surface area (Å²) in [6.45, 7) is 7.63. The number of hydrogen-bond donors (Lipinski definition) is 1. The maximum atomic E-state index is 12.9. The third-order valence-corrected chi connectivity index (χ3v) is 6.85. The topological polar surface area (TPSA) is 73.5 Å². The Kier molecular flexibility index (Phi) is 5.12. The third kappa shape index (κ3) is 4.19. The smallest absolute Gasteiger partial charge is 0.270 e. The molecule has 6 nitrogen and oxygen atoms in total. The number of aromatic nitrogens is 1. The van der Waals surface area contributed by atoms with E-state index in [-0.39, 0.29) is 17.4 Å². The van der Waals surface area contributed by atoms with Crippen molar-refractivity contribution in [3.05, 3.63) is 35.5 Å². The van der Waals surface area contributed by atoms with Crippen LogP contribution in [0.15, 0.2) is 24.3 Å². The molecule has 2 aromatic rings. The Morgan fingerprint density at radius 3 is 2.37 bits per heavy atom. The van der Waals surface area contributed by atoms with Crippen molar-refractivity contribution in [1.29, 1.82) is 0 Å². The van der Waals surface area contributed by atoms with Gasteiger partial charge < -0.3 is 9.88 Å². The lowest BCUT2D eigenvalue weighted by Crippen LogP contribution is -2.47. The van der Waals surface area contributed by atoms with E-state index in [0.29, 0.717) is 31.6 Å². The number of H-pyrrole nitrogens is 1. The quantitative estimate of drug-likeness (QED) is 0.874. The average molecular weight is 392 g/mol. The number of nitrogens with zero attached hydrogens (tertiary/aromatic N) is 2. The molecule has 1 amide bonds. The van der Waals surface area contributed by atoms with Crippen molar-refractivity contribution in [3.63, 3.8) is 0 Å². The fraction of sp³-hybridized carbons (Fsp3) is 0.550. The van der Waals surface area contributed by atoms with Crippen LogP contribution < -0.4 is 0 Å². The number of carbonyl (C=O) groups excluding carboxylic acids is 1. The molecular weight excluding hydrogens is 362 g/mol. The molecule has 3 rings (SSSR count). The molecule has 1 aliphatic heterocycles. The van der Waals surface area contributed by atoms with Gasteiger partial charge in [0.15, 0.2) is 0 Å². The predicted octanol–water partition coefficient (Wildman–Crippen LogP) is 2.96. The molecule has 148 valence electrons. The van der Waals surface area contributed by atoms with E-state index in [2.05, 4.69) is 44.0 Å². The third-order valence-electron chi connectivity index (χ3n) is 5.51. The molecule has 1 saturated heterocycles. The van der Waals surface area contributed by atoms with E-state index < -0.39 is 10.0 Å². The summed E-state index contributed by atoms with van der Waals surface area (Å²) in [4.78, 5) is 18.0. The van der Waals surface area contributed by atoms with Gasteiger partial charge in [0.1, 0.15) is 5.69 Å². The highest BCUT2D eigenvalue weighted by atomic mass is 32.2. The Labute approximate surface area is 161 Å². The molecule has 0 atom stereocenters. The van der Waals surface area contributed by atoms with Crippen LogP contribution in [0, 0.1) is 0 Å². The standard InChI is InChI=1S/C20H29N3O3S/c1-20(2,3)15-7-6-14-12-18(21-17(14)13-15)19(24)23-10-8-16(9-11-23)22(4)27(5,25)26/h6-7,12-13,16,21H,8-11H2,1-5H3. The minimum atomic E-state index is -3.20. The molecule has 0 unspecified atom stereocenters. The monoisotopic (exact) mass is 391 g/mol. The van der Waals surface area contributed by atoms with Crippen molar-refractivity contribution in [2.45, 2.75) is 45.1 Å². The summed E-state index contributed by atoms with van der Waals surface area (Å²) < 4.78 is 24.8. The minimum Gasteiger partial charge on any atom is -0.351 e. The fourth-order valence-electron chi connectivity index (χ4n) is 3.58. The van der Waals surface area contributed by atoms with Crippen LogP contribution in [0.4, 0.5) is 0 Å². The number of hydrogen-bond acceptors (Lipinski definition) is 3. The zero-order valence-electron chi connectivity index (χ0n) is 16.7. The number of rotatable bonds is 3. The molecule has 1 aromatic carbocycles. The Morgan fingerprint density at radius 2 is 1.81 bits per heavy atom. The van der Waals surface area contributed by atoms with Crippen molar-refractivity contribution < 1.29 is 13.2 Å². The largest absolute Gasteiger partial charge is 0.351 e. The van der Waals surface area contributed by atoms with Gasteiger partial charge in [-0.1, -0.05) is 32.9 Å². The maximum absolute atomic E-state index is 12.9. The summed E-state index contributed by atoms with van der Waals surface area (Å²) in [6, 6.07) is 8.13. The number of carbonyl (C=O) groups is 1. The van der Waals surface area contributed by atoms with Crippen molar-refractivity contribution >= 4 is 26.8 Å². The summed E-state index contributed by atoms with van der Waals surface area (Å²) in [5.41, 5.74) is 2.83. The van der Waals surface area contributed by atoms with E-state index in [1.807, 2.05) is 11.0 Å². The van der Waals surface area contributed by atoms with Crippen LogP contribution in [0.5, 0.6) is 0 Å². The number of benzene rings is 1. The van der Waals surface area contributed by atoms with Crippen LogP contribution in [-0.2, 0) is 15.4 Å². The van der Waals surface area contributed by atoms with Gasteiger partial charge in [-0.25, -0.2) is 12.7 Å². The molecular formula is C20H29N3O3S. The summed E-state index contributed by atoms with van der Waals surface area (Å²) in [6.07, 6.45) is 2.54. The summed E-state index contributed by atoms with van der Waals surface area (Å²) >= 11 is 0. The van der Waals surface area contributed by atoms with Gasteiger partial charge in [-0.05, 0) is 36.0 Å². The predicted molar refractivity (Wildman–Crippen MR) is 109 cm³/mol. The van der Waals surface area contributed by atoms with Crippen molar-refractivity contribution in [3.8, 4) is 0 Å². The second-order valence-electron chi connectivity index (χ2n) is 8.54. The van der Waals surface area contributed by atoms with Gasteiger partial charge in [0.05, 0.1) is 6.26 Å². The lowest BCUT2D eigenvalue weighted by Gasteiger charge is -2.35. The van der Waals surface area contributed by atoms with Gasteiger partial charge in [0.2, 0.25) is 10.0 Å². The molecule has 7 heteroatoms. The molecule has 0 aliphatic carbocycles. The Morgan fingerprint density at radius 1 is 1.19 bits per heavy atom. The van der Waals surface area contributed by atoms with Crippen molar-refractivity contribution in [2.75, 3.05) is 26.4 Å². The van der Waals surface area contributed by atoms with Crippen LogP contribution >= 0.6 is 0 Å². The van der Waals surface area contributed by atoms with Gasteiger partial charge in [-0.2, -0.15) is 0 Å². The number of piperidine rings is 1. The van der Waals surface area contributed by atoms with Crippen molar-refractivity contribution in [1.82, 2.24) is 14.2 Å². The maximum Gasteiger partial charge on any atom is 0.270 e. The molecule has 0 bridgehead atoms. The van der Waals surface area contributed by atoms with Crippen LogP contribution in [0.25, 0.3) is 10.9 Å². The number of fused-ring (bicyclic) bond motifs is 1. The van der Waals surface area contributed by atoms with Crippen LogP contribution in [0.3, 0.4) is 0 Å². The van der Waals surface area contributed by atoms with E-state index in [0.717, 1.165) is 10.9 Å². The average Bonchev–Trinajstić information content (AvgIpc) is 3.02. The van der Waals surface area contributed by atoms with Gasteiger partial charge in [0, 0.05) is 37.1 Å². The summed E-state index contributed by atoms with van der Waals surface area (Å²) in [5.74, 6) is -0.0241. The highest BCUT2D eigenvalue weighted by molar-refractivity contribution is 7.88. The van der Waals surface area contributed by atoms with Crippen molar-refractivity contribution in [2.24, 2.45) is 0 Å². The van der Waals surface area contributed by atoms with E-state index >= 15 is 0 Å². The number of amides is 1. The first kappa shape index (κ1) is 19.9. The highest BCUT2D eigenvalue weighted by Gasteiger charge is 2.29. The number of sulfonamides is 1. The molecule has 0 spiro atoms. The lowest BCUT2D eigenvalue weighted by molar-refractivity contribution is 0.0681.